The average Bonchev–Trinajstić information content (AvgIpc) is 2.63. The topological polar surface area (TPSA) is 15.3 Å². The molecule has 1 heterocycles. The number of rotatable bonds is 3. The van der Waals surface area contributed by atoms with Crippen LogP contribution >= 0.6 is 0 Å². The van der Waals surface area contributed by atoms with Crippen molar-refractivity contribution >= 4 is 0 Å². The summed E-state index contributed by atoms with van der Waals surface area (Å²) < 4.78 is 0. The van der Waals surface area contributed by atoms with E-state index in [0.29, 0.717) is 6.04 Å². The van der Waals surface area contributed by atoms with Crippen LogP contribution in [-0.2, 0) is 0 Å². The molecule has 2 rings (SSSR count). The molecule has 2 heteroatoms. The van der Waals surface area contributed by atoms with Crippen LogP contribution in [-0.4, -0.2) is 31.1 Å². The molecule has 1 aliphatic rings. The molecule has 1 aromatic carbocycles. The van der Waals surface area contributed by atoms with Gasteiger partial charge in [0.25, 0.3) is 0 Å². The molecule has 1 aromatic rings. The van der Waals surface area contributed by atoms with Gasteiger partial charge in [-0.2, -0.15) is 0 Å². The van der Waals surface area contributed by atoms with Crippen LogP contribution in [0.5, 0.6) is 0 Å². The lowest BCUT2D eigenvalue weighted by molar-refractivity contribution is 0.275. The first-order chi connectivity index (χ1) is 8.40. The minimum Gasteiger partial charge on any atom is -0.309 e. The van der Waals surface area contributed by atoms with E-state index in [0.717, 1.165) is 32.6 Å². The summed E-state index contributed by atoms with van der Waals surface area (Å²) in [5, 5.41) is 3.61. The van der Waals surface area contributed by atoms with Gasteiger partial charge in [0.15, 0.2) is 0 Å². The first-order valence-electron chi connectivity index (χ1n) is 6.34. The van der Waals surface area contributed by atoms with Crippen LogP contribution in [0, 0.1) is 12.3 Å². The van der Waals surface area contributed by atoms with Gasteiger partial charge in [0.05, 0.1) is 0 Å². The molecule has 0 radical (unpaired) electrons. The summed E-state index contributed by atoms with van der Waals surface area (Å²) in [7, 11) is 0. The molecular weight excluding hydrogens is 208 g/mol. The number of benzene rings is 1. The average molecular weight is 228 g/mol. The third-order valence-corrected chi connectivity index (χ3v) is 3.26. The summed E-state index contributed by atoms with van der Waals surface area (Å²) in [6.45, 7) is 4.32. The molecule has 1 saturated heterocycles. The maximum atomic E-state index is 5.34. The van der Waals surface area contributed by atoms with E-state index in [1.54, 1.807) is 0 Å². The van der Waals surface area contributed by atoms with E-state index >= 15 is 0 Å². The molecule has 1 N–H and O–H groups in total. The van der Waals surface area contributed by atoms with Crippen LogP contribution in [0.4, 0.5) is 0 Å². The van der Waals surface area contributed by atoms with Crippen molar-refractivity contribution < 1.29 is 0 Å². The fourth-order valence-electron chi connectivity index (χ4n) is 2.33. The number of hydrogen-bond donors (Lipinski definition) is 1. The minimum atomic E-state index is 0.441. The zero-order valence-corrected chi connectivity index (χ0v) is 10.2. The molecule has 0 saturated carbocycles. The lowest BCUT2D eigenvalue weighted by Crippen LogP contribution is -2.32. The van der Waals surface area contributed by atoms with Crippen LogP contribution in [0.25, 0.3) is 0 Å². The molecule has 0 bridgehead atoms. The van der Waals surface area contributed by atoms with Crippen molar-refractivity contribution in [1.82, 2.24) is 10.2 Å². The van der Waals surface area contributed by atoms with Gasteiger partial charge in [0, 0.05) is 25.6 Å². The maximum absolute atomic E-state index is 5.34. The van der Waals surface area contributed by atoms with E-state index in [-0.39, 0.29) is 0 Å². The van der Waals surface area contributed by atoms with E-state index in [1.165, 1.54) is 12.0 Å². The van der Waals surface area contributed by atoms with Crippen LogP contribution in [0.1, 0.15) is 24.4 Å². The maximum Gasteiger partial charge on any atom is 0.0449 e. The second-order valence-electron chi connectivity index (χ2n) is 4.53. The Morgan fingerprint density at radius 2 is 2.18 bits per heavy atom. The summed E-state index contributed by atoms with van der Waals surface area (Å²) in [6.07, 6.45) is 7.39. The Labute approximate surface area is 104 Å². The van der Waals surface area contributed by atoms with Gasteiger partial charge in [-0.3, -0.25) is 0 Å². The van der Waals surface area contributed by atoms with Crippen molar-refractivity contribution in [2.45, 2.75) is 18.9 Å². The Bertz CT molecular complexity index is 366. The highest BCUT2D eigenvalue weighted by Crippen LogP contribution is 2.16. The van der Waals surface area contributed by atoms with Crippen LogP contribution in [0.15, 0.2) is 30.3 Å². The number of nitrogens with zero attached hydrogens (tertiary/aromatic N) is 1. The number of nitrogens with one attached hydrogen (secondary N) is 1. The standard InChI is InChI=1S/C15H20N2/c1-2-3-11-17-12-7-10-16-15(13-17)14-8-5-4-6-9-14/h1,4-6,8-9,15-16H,3,7,10-13H2. The summed E-state index contributed by atoms with van der Waals surface area (Å²) >= 11 is 0. The van der Waals surface area contributed by atoms with Gasteiger partial charge in [-0.05, 0) is 25.1 Å². The first kappa shape index (κ1) is 12.2. The highest BCUT2D eigenvalue weighted by molar-refractivity contribution is 5.19. The fourth-order valence-corrected chi connectivity index (χ4v) is 2.33. The third-order valence-electron chi connectivity index (χ3n) is 3.26. The number of terminal acetylenes is 1. The van der Waals surface area contributed by atoms with Crippen LogP contribution < -0.4 is 5.32 Å². The van der Waals surface area contributed by atoms with E-state index in [4.69, 9.17) is 6.42 Å². The van der Waals surface area contributed by atoms with Crippen molar-refractivity contribution in [3.63, 3.8) is 0 Å². The Morgan fingerprint density at radius 3 is 2.94 bits per heavy atom. The molecule has 0 aliphatic carbocycles. The zero-order valence-electron chi connectivity index (χ0n) is 10.2. The third kappa shape index (κ3) is 3.59. The van der Waals surface area contributed by atoms with Crippen LogP contribution in [0.2, 0.25) is 0 Å². The summed E-state index contributed by atoms with van der Waals surface area (Å²) in [4.78, 5) is 2.47. The largest absolute Gasteiger partial charge is 0.309 e. The lowest BCUT2D eigenvalue weighted by atomic mass is 10.1. The SMILES string of the molecule is C#CCCN1CCCNC(c2ccccc2)C1. The van der Waals surface area contributed by atoms with Gasteiger partial charge in [-0.15, -0.1) is 12.3 Å². The lowest BCUT2D eigenvalue weighted by Gasteiger charge is -2.23. The van der Waals surface area contributed by atoms with Gasteiger partial charge in [-0.1, -0.05) is 30.3 Å². The van der Waals surface area contributed by atoms with E-state index in [9.17, 15) is 0 Å². The van der Waals surface area contributed by atoms with Gasteiger partial charge in [-0.25, -0.2) is 0 Å². The molecule has 1 aliphatic heterocycles. The van der Waals surface area contributed by atoms with Crippen LogP contribution in [0.3, 0.4) is 0 Å². The number of hydrogen-bond acceptors (Lipinski definition) is 2. The normalized spacial score (nSPS) is 21.7. The predicted molar refractivity (Wildman–Crippen MR) is 71.7 cm³/mol. The van der Waals surface area contributed by atoms with Gasteiger partial charge < -0.3 is 10.2 Å². The smallest absolute Gasteiger partial charge is 0.0449 e. The fraction of sp³-hybridized carbons (Fsp3) is 0.467. The summed E-state index contributed by atoms with van der Waals surface area (Å²) in [6, 6.07) is 11.1. The van der Waals surface area contributed by atoms with Crippen molar-refractivity contribution in [3.05, 3.63) is 35.9 Å². The van der Waals surface area contributed by atoms with E-state index < -0.39 is 0 Å². The minimum absolute atomic E-state index is 0.441. The van der Waals surface area contributed by atoms with Crippen molar-refractivity contribution in [2.24, 2.45) is 0 Å². The molecule has 17 heavy (non-hydrogen) atoms. The molecule has 0 aromatic heterocycles. The molecule has 0 spiro atoms. The van der Waals surface area contributed by atoms with Gasteiger partial charge >= 0.3 is 0 Å². The molecule has 2 nitrogen and oxygen atoms in total. The zero-order chi connectivity index (χ0) is 11.9. The summed E-state index contributed by atoms with van der Waals surface area (Å²) in [5.74, 6) is 2.73. The van der Waals surface area contributed by atoms with Crippen molar-refractivity contribution in [1.29, 1.82) is 0 Å². The molecular formula is C15H20N2. The Kier molecular flexibility index (Phi) is 4.61. The second kappa shape index (κ2) is 6.44. The quantitative estimate of drug-likeness (QED) is 0.797. The first-order valence-corrected chi connectivity index (χ1v) is 6.34. The van der Waals surface area contributed by atoms with Gasteiger partial charge in [0.1, 0.15) is 0 Å². The van der Waals surface area contributed by atoms with Crippen molar-refractivity contribution in [3.8, 4) is 12.3 Å². The van der Waals surface area contributed by atoms with E-state index in [1.807, 2.05) is 0 Å². The Hall–Kier alpha value is -1.30. The van der Waals surface area contributed by atoms with Crippen molar-refractivity contribution in [2.75, 3.05) is 26.2 Å². The monoisotopic (exact) mass is 228 g/mol. The molecule has 90 valence electrons. The molecule has 1 unspecified atom stereocenters. The second-order valence-corrected chi connectivity index (χ2v) is 4.53. The Morgan fingerprint density at radius 1 is 1.35 bits per heavy atom. The predicted octanol–water partition coefficient (Wildman–Crippen LogP) is 2.05. The highest BCUT2D eigenvalue weighted by atomic mass is 15.2. The van der Waals surface area contributed by atoms with E-state index in [2.05, 4.69) is 46.5 Å². The molecule has 1 atom stereocenters. The van der Waals surface area contributed by atoms with Gasteiger partial charge in [0.2, 0.25) is 0 Å². The Balaban J connectivity index is 2.00. The summed E-state index contributed by atoms with van der Waals surface area (Å²) in [5.41, 5.74) is 1.38. The highest BCUT2D eigenvalue weighted by Gasteiger charge is 2.18. The molecule has 0 amide bonds. The molecule has 1 fully saturated rings.